The quantitative estimate of drug-likeness (QED) is 0.881. The lowest BCUT2D eigenvalue weighted by Gasteiger charge is -2.22. The van der Waals surface area contributed by atoms with Crippen molar-refractivity contribution in [3.63, 3.8) is 0 Å². The Labute approximate surface area is 99.6 Å². The Morgan fingerprint density at radius 1 is 1.44 bits per heavy atom. The van der Waals surface area contributed by atoms with Crippen molar-refractivity contribution in [2.24, 2.45) is 0 Å². The van der Waals surface area contributed by atoms with Crippen LogP contribution >= 0.6 is 11.6 Å². The van der Waals surface area contributed by atoms with Crippen molar-refractivity contribution in [3.8, 4) is 0 Å². The van der Waals surface area contributed by atoms with E-state index in [-0.39, 0.29) is 12.6 Å². The molecule has 4 heteroatoms. The SMILES string of the molecule is O=C(O)CN1CCC[C@H]1c1ccc(Cl)cc1. The molecule has 1 aliphatic rings. The van der Waals surface area contributed by atoms with Crippen molar-refractivity contribution in [1.29, 1.82) is 0 Å². The van der Waals surface area contributed by atoms with Gasteiger partial charge in [-0.2, -0.15) is 0 Å². The van der Waals surface area contributed by atoms with Gasteiger partial charge in [-0.25, -0.2) is 0 Å². The standard InChI is InChI=1S/C12H14ClNO2/c13-10-5-3-9(4-6-10)11-2-1-7-14(11)8-12(15)16/h3-6,11H,1-2,7-8H2,(H,15,16)/t11-/m0/s1. The lowest BCUT2D eigenvalue weighted by molar-refractivity contribution is -0.138. The summed E-state index contributed by atoms with van der Waals surface area (Å²) >= 11 is 5.83. The van der Waals surface area contributed by atoms with Gasteiger partial charge >= 0.3 is 5.97 Å². The Bertz CT molecular complexity index is 377. The lowest BCUT2D eigenvalue weighted by atomic mass is 10.0. The van der Waals surface area contributed by atoms with E-state index in [9.17, 15) is 4.79 Å². The van der Waals surface area contributed by atoms with Crippen LogP contribution < -0.4 is 0 Å². The molecule has 0 spiro atoms. The Kier molecular flexibility index (Phi) is 3.46. The second-order valence-electron chi connectivity index (χ2n) is 4.07. The highest BCUT2D eigenvalue weighted by molar-refractivity contribution is 6.30. The minimum Gasteiger partial charge on any atom is -0.480 e. The van der Waals surface area contributed by atoms with Gasteiger partial charge in [-0.05, 0) is 37.1 Å². The van der Waals surface area contributed by atoms with Gasteiger partial charge in [0.25, 0.3) is 0 Å². The number of hydrogen-bond acceptors (Lipinski definition) is 2. The van der Waals surface area contributed by atoms with Crippen LogP contribution in [0.5, 0.6) is 0 Å². The van der Waals surface area contributed by atoms with E-state index < -0.39 is 5.97 Å². The molecule has 1 heterocycles. The van der Waals surface area contributed by atoms with Crippen LogP contribution in [0.4, 0.5) is 0 Å². The minimum atomic E-state index is -0.763. The van der Waals surface area contributed by atoms with Crippen molar-refractivity contribution in [2.45, 2.75) is 18.9 Å². The zero-order valence-electron chi connectivity index (χ0n) is 8.90. The van der Waals surface area contributed by atoms with E-state index in [4.69, 9.17) is 16.7 Å². The molecule has 0 unspecified atom stereocenters. The van der Waals surface area contributed by atoms with Crippen LogP contribution in [0.2, 0.25) is 5.02 Å². The highest BCUT2D eigenvalue weighted by Crippen LogP contribution is 2.31. The fourth-order valence-corrected chi connectivity index (χ4v) is 2.38. The summed E-state index contributed by atoms with van der Waals surface area (Å²) in [5, 5.41) is 9.53. The van der Waals surface area contributed by atoms with Gasteiger partial charge in [0.2, 0.25) is 0 Å². The van der Waals surface area contributed by atoms with Gasteiger partial charge < -0.3 is 5.11 Å². The van der Waals surface area contributed by atoms with Gasteiger partial charge in [0.1, 0.15) is 0 Å². The molecule has 1 aromatic rings. The maximum atomic E-state index is 10.7. The van der Waals surface area contributed by atoms with Crippen molar-refractivity contribution < 1.29 is 9.90 Å². The molecule has 1 saturated heterocycles. The molecular formula is C12H14ClNO2. The number of carboxylic acids is 1. The van der Waals surface area contributed by atoms with Crippen LogP contribution in [0.25, 0.3) is 0 Å². The van der Waals surface area contributed by atoms with Gasteiger partial charge in [-0.15, -0.1) is 0 Å². The zero-order chi connectivity index (χ0) is 11.5. The summed E-state index contributed by atoms with van der Waals surface area (Å²) in [6, 6.07) is 7.90. The van der Waals surface area contributed by atoms with Gasteiger partial charge in [0.15, 0.2) is 0 Å². The second kappa shape index (κ2) is 4.85. The number of hydrogen-bond donors (Lipinski definition) is 1. The normalized spacial score (nSPS) is 21.2. The summed E-state index contributed by atoms with van der Waals surface area (Å²) in [5.41, 5.74) is 1.16. The van der Waals surface area contributed by atoms with E-state index in [0.717, 1.165) is 24.9 Å². The first-order valence-corrected chi connectivity index (χ1v) is 5.76. The zero-order valence-corrected chi connectivity index (χ0v) is 9.65. The predicted molar refractivity (Wildman–Crippen MR) is 62.6 cm³/mol. The summed E-state index contributed by atoms with van der Waals surface area (Å²) in [6.07, 6.45) is 2.08. The summed E-state index contributed by atoms with van der Waals surface area (Å²) < 4.78 is 0. The van der Waals surface area contributed by atoms with E-state index in [2.05, 4.69) is 0 Å². The van der Waals surface area contributed by atoms with Crippen LogP contribution in [0.1, 0.15) is 24.4 Å². The molecule has 0 aromatic heterocycles. The molecule has 0 bridgehead atoms. The fourth-order valence-electron chi connectivity index (χ4n) is 2.25. The molecular weight excluding hydrogens is 226 g/mol. The molecule has 1 N–H and O–H groups in total. The number of likely N-dealkylation sites (tertiary alicyclic amines) is 1. The Morgan fingerprint density at radius 3 is 2.75 bits per heavy atom. The van der Waals surface area contributed by atoms with Crippen molar-refractivity contribution in [2.75, 3.05) is 13.1 Å². The number of carboxylic acid groups (broad SMARTS) is 1. The molecule has 0 saturated carbocycles. The number of benzene rings is 1. The second-order valence-corrected chi connectivity index (χ2v) is 4.51. The smallest absolute Gasteiger partial charge is 0.317 e. The van der Waals surface area contributed by atoms with E-state index in [0.29, 0.717) is 5.02 Å². The molecule has 1 aromatic carbocycles. The molecule has 2 rings (SSSR count). The summed E-state index contributed by atoms with van der Waals surface area (Å²) in [7, 11) is 0. The highest BCUT2D eigenvalue weighted by atomic mass is 35.5. The highest BCUT2D eigenvalue weighted by Gasteiger charge is 2.27. The number of nitrogens with zero attached hydrogens (tertiary/aromatic N) is 1. The average Bonchev–Trinajstić information content (AvgIpc) is 2.66. The van der Waals surface area contributed by atoms with Gasteiger partial charge in [-0.3, -0.25) is 9.69 Å². The maximum Gasteiger partial charge on any atom is 0.317 e. The maximum absolute atomic E-state index is 10.7. The van der Waals surface area contributed by atoms with Crippen molar-refractivity contribution in [3.05, 3.63) is 34.9 Å². The third-order valence-electron chi connectivity index (χ3n) is 2.96. The molecule has 0 aliphatic carbocycles. The van der Waals surface area contributed by atoms with Crippen LogP contribution in [0.15, 0.2) is 24.3 Å². The first-order chi connectivity index (χ1) is 7.66. The van der Waals surface area contributed by atoms with Crippen LogP contribution in [-0.4, -0.2) is 29.1 Å². The van der Waals surface area contributed by atoms with E-state index >= 15 is 0 Å². The molecule has 1 fully saturated rings. The molecule has 1 aliphatic heterocycles. The number of aliphatic carboxylic acids is 1. The molecule has 1 atom stereocenters. The minimum absolute atomic E-state index is 0.118. The topological polar surface area (TPSA) is 40.5 Å². The van der Waals surface area contributed by atoms with Gasteiger partial charge in [-0.1, -0.05) is 23.7 Å². The molecule has 0 amide bonds. The van der Waals surface area contributed by atoms with Gasteiger partial charge in [0.05, 0.1) is 6.54 Å². The third-order valence-corrected chi connectivity index (χ3v) is 3.21. The molecule has 16 heavy (non-hydrogen) atoms. The van der Waals surface area contributed by atoms with Crippen LogP contribution in [0.3, 0.4) is 0 Å². The van der Waals surface area contributed by atoms with Gasteiger partial charge in [0, 0.05) is 11.1 Å². The van der Waals surface area contributed by atoms with Crippen LogP contribution in [-0.2, 0) is 4.79 Å². The van der Waals surface area contributed by atoms with E-state index in [1.165, 1.54) is 0 Å². The Balaban J connectivity index is 2.13. The monoisotopic (exact) mass is 239 g/mol. The fraction of sp³-hybridized carbons (Fsp3) is 0.417. The van der Waals surface area contributed by atoms with Crippen molar-refractivity contribution in [1.82, 2.24) is 4.90 Å². The summed E-state index contributed by atoms with van der Waals surface area (Å²) in [4.78, 5) is 12.7. The molecule has 86 valence electrons. The number of halogens is 1. The summed E-state index contributed by atoms with van der Waals surface area (Å²) in [6.45, 7) is 0.979. The number of carbonyl (C=O) groups is 1. The Hall–Kier alpha value is -1.06. The lowest BCUT2D eigenvalue weighted by Crippen LogP contribution is -2.29. The third kappa shape index (κ3) is 2.54. The largest absolute Gasteiger partial charge is 0.480 e. The van der Waals surface area contributed by atoms with Crippen LogP contribution in [0, 0.1) is 0 Å². The van der Waals surface area contributed by atoms with Crippen molar-refractivity contribution >= 4 is 17.6 Å². The predicted octanol–water partition coefficient (Wildman–Crippen LogP) is 2.56. The first-order valence-electron chi connectivity index (χ1n) is 5.38. The first kappa shape index (κ1) is 11.4. The summed E-state index contributed by atoms with van der Waals surface area (Å²) in [5.74, 6) is -0.763. The van der Waals surface area contributed by atoms with E-state index in [1.54, 1.807) is 0 Å². The average molecular weight is 240 g/mol. The molecule has 3 nitrogen and oxygen atoms in total. The molecule has 0 radical (unpaired) electrons. The Morgan fingerprint density at radius 2 is 2.12 bits per heavy atom. The number of rotatable bonds is 3. The van der Waals surface area contributed by atoms with E-state index in [1.807, 2.05) is 29.2 Å².